The lowest BCUT2D eigenvalue weighted by Crippen LogP contribution is -2.00. The summed E-state index contributed by atoms with van der Waals surface area (Å²) in [5.74, 6) is -0.0728. The highest BCUT2D eigenvalue weighted by Crippen LogP contribution is 2.18. The lowest BCUT2D eigenvalue weighted by atomic mass is 10.1. The Morgan fingerprint density at radius 1 is 1.35 bits per heavy atom. The van der Waals surface area contributed by atoms with Crippen molar-refractivity contribution in [1.29, 1.82) is 10.5 Å². The molecule has 84 valence electrons. The Morgan fingerprint density at radius 2 is 2.00 bits per heavy atom. The van der Waals surface area contributed by atoms with Crippen molar-refractivity contribution in [2.75, 3.05) is 5.32 Å². The van der Waals surface area contributed by atoms with Crippen LogP contribution in [-0.2, 0) is 0 Å². The van der Waals surface area contributed by atoms with Gasteiger partial charge in [-0.2, -0.15) is 10.5 Å². The molecule has 4 nitrogen and oxygen atoms in total. The number of aryl methyl sites for hydroxylation is 1. The summed E-state index contributed by atoms with van der Waals surface area (Å²) in [7, 11) is 0. The van der Waals surface area contributed by atoms with Crippen molar-refractivity contribution in [3.8, 4) is 12.1 Å². The van der Waals surface area contributed by atoms with E-state index in [0.717, 1.165) is 5.56 Å². The van der Waals surface area contributed by atoms with Gasteiger partial charge in [-0.1, -0.05) is 6.07 Å². The lowest BCUT2D eigenvalue weighted by Gasteiger charge is -2.07. The molecule has 4 heteroatoms. The number of benzene rings is 1. The van der Waals surface area contributed by atoms with Crippen molar-refractivity contribution in [2.24, 2.45) is 0 Å². The molecule has 0 spiro atoms. The van der Waals surface area contributed by atoms with Crippen LogP contribution in [0.5, 0.6) is 0 Å². The highest BCUT2D eigenvalue weighted by molar-refractivity contribution is 5.99. The van der Waals surface area contributed by atoms with Crippen molar-refractivity contribution < 1.29 is 4.79 Å². The minimum atomic E-state index is -0.0728. The summed E-state index contributed by atoms with van der Waals surface area (Å²) in [6.07, 6.45) is 1.29. The first-order valence-electron chi connectivity index (χ1n) is 4.97. The summed E-state index contributed by atoms with van der Waals surface area (Å²) in [5.41, 5.74) is 2.07. The lowest BCUT2D eigenvalue weighted by molar-refractivity contribution is 0.101. The molecule has 0 heterocycles. The van der Waals surface area contributed by atoms with Gasteiger partial charge in [-0.15, -0.1) is 0 Å². The van der Waals surface area contributed by atoms with Crippen LogP contribution in [0.4, 0.5) is 5.69 Å². The summed E-state index contributed by atoms with van der Waals surface area (Å²) in [5, 5.41) is 20.0. The van der Waals surface area contributed by atoms with Gasteiger partial charge in [-0.3, -0.25) is 4.79 Å². The van der Waals surface area contributed by atoms with E-state index in [1.807, 2.05) is 13.0 Å². The van der Waals surface area contributed by atoms with Gasteiger partial charge in [0.25, 0.3) is 0 Å². The van der Waals surface area contributed by atoms with Crippen LogP contribution in [0.2, 0.25) is 0 Å². The van der Waals surface area contributed by atoms with Crippen molar-refractivity contribution >= 4 is 11.5 Å². The third-order valence-electron chi connectivity index (χ3n) is 2.17. The third-order valence-corrected chi connectivity index (χ3v) is 2.17. The zero-order chi connectivity index (χ0) is 12.8. The highest BCUT2D eigenvalue weighted by Gasteiger charge is 2.06. The van der Waals surface area contributed by atoms with Gasteiger partial charge in [0.1, 0.15) is 17.7 Å². The highest BCUT2D eigenvalue weighted by atomic mass is 16.1. The molecule has 0 aliphatic carbocycles. The fourth-order valence-corrected chi connectivity index (χ4v) is 1.32. The Balaban J connectivity index is 3.11. The van der Waals surface area contributed by atoms with E-state index < -0.39 is 0 Å². The molecule has 0 saturated carbocycles. The predicted molar refractivity (Wildman–Crippen MR) is 64.1 cm³/mol. The number of allylic oxidation sites excluding steroid dienone is 1. The molecule has 1 aromatic carbocycles. The molecule has 0 fully saturated rings. The third kappa shape index (κ3) is 3.19. The largest absolute Gasteiger partial charge is 0.359 e. The smallest absolute Gasteiger partial charge is 0.161 e. The van der Waals surface area contributed by atoms with Crippen LogP contribution in [0.3, 0.4) is 0 Å². The topological polar surface area (TPSA) is 76.7 Å². The van der Waals surface area contributed by atoms with Crippen molar-refractivity contribution in [3.05, 3.63) is 41.1 Å². The van der Waals surface area contributed by atoms with Gasteiger partial charge < -0.3 is 5.32 Å². The molecular weight excluding hydrogens is 214 g/mol. The van der Waals surface area contributed by atoms with Crippen molar-refractivity contribution in [1.82, 2.24) is 0 Å². The first kappa shape index (κ1) is 12.5. The van der Waals surface area contributed by atoms with Gasteiger partial charge >= 0.3 is 0 Å². The van der Waals surface area contributed by atoms with Gasteiger partial charge in [0.15, 0.2) is 5.78 Å². The maximum absolute atomic E-state index is 11.4. The minimum Gasteiger partial charge on any atom is -0.359 e. The van der Waals surface area contributed by atoms with Crippen molar-refractivity contribution in [3.63, 3.8) is 0 Å². The number of Topliss-reactive ketones (excluding diaryl/α,β-unsaturated/α-hetero) is 1. The molecular formula is C13H11N3O. The number of rotatable bonds is 3. The van der Waals surface area contributed by atoms with Crippen LogP contribution in [0.1, 0.15) is 22.8 Å². The minimum absolute atomic E-state index is 0.0407. The number of hydrogen-bond acceptors (Lipinski definition) is 4. The molecule has 0 aliphatic rings. The van der Waals surface area contributed by atoms with E-state index in [4.69, 9.17) is 10.5 Å². The molecule has 1 N–H and O–H groups in total. The van der Waals surface area contributed by atoms with Crippen LogP contribution >= 0.6 is 0 Å². The van der Waals surface area contributed by atoms with Crippen LogP contribution in [0, 0.1) is 29.6 Å². The van der Waals surface area contributed by atoms with E-state index >= 15 is 0 Å². The first-order chi connectivity index (χ1) is 8.08. The van der Waals surface area contributed by atoms with E-state index in [-0.39, 0.29) is 11.4 Å². The van der Waals surface area contributed by atoms with E-state index in [2.05, 4.69) is 5.32 Å². The summed E-state index contributed by atoms with van der Waals surface area (Å²) in [6.45, 7) is 3.36. The number of carbonyl (C=O) groups is 1. The number of nitrogens with one attached hydrogen (secondary N) is 1. The molecule has 1 aromatic rings. The number of ketones is 1. The number of carbonyl (C=O) groups excluding carboxylic acids is 1. The molecule has 0 aromatic heterocycles. The van der Waals surface area contributed by atoms with Gasteiger partial charge in [-0.25, -0.2) is 0 Å². The molecule has 0 atom stereocenters. The molecule has 17 heavy (non-hydrogen) atoms. The Labute approximate surface area is 99.8 Å². The van der Waals surface area contributed by atoms with Crippen LogP contribution < -0.4 is 5.32 Å². The van der Waals surface area contributed by atoms with Gasteiger partial charge in [-0.05, 0) is 31.5 Å². The maximum atomic E-state index is 11.4. The SMILES string of the molecule is CC(=O)c1ccc(C)cc1NC=C(C#N)C#N. The Bertz CT molecular complexity index is 543. The van der Waals surface area contributed by atoms with Crippen LogP contribution in [-0.4, -0.2) is 5.78 Å². The van der Waals surface area contributed by atoms with Crippen LogP contribution in [0.15, 0.2) is 30.0 Å². The van der Waals surface area contributed by atoms with E-state index in [0.29, 0.717) is 11.3 Å². The van der Waals surface area contributed by atoms with E-state index in [1.165, 1.54) is 13.1 Å². The zero-order valence-corrected chi connectivity index (χ0v) is 9.61. The molecule has 1 rings (SSSR count). The molecule has 0 bridgehead atoms. The normalized spacial score (nSPS) is 8.71. The predicted octanol–water partition coefficient (Wildman–Crippen LogP) is 2.54. The second kappa shape index (κ2) is 5.48. The monoisotopic (exact) mass is 225 g/mol. The first-order valence-corrected chi connectivity index (χ1v) is 4.97. The quantitative estimate of drug-likeness (QED) is 0.633. The van der Waals surface area contributed by atoms with Gasteiger partial charge in [0.05, 0.1) is 0 Å². The summed E-state index contributed by atoms with van der Waals surface area (Å²) >= 11 is 0. The van der Waals surface area contributed by atoms with E-state index in [9.17, 15) is 4.79 Å². The average Bonchev–Trinajstić information content (AvgIpc) is 2.30. The zero-order valence-electron chi connectivity index (χ0n) is 9.61. The van der Waals surface area contributed by atoms with E-state index in [1.54, 1.807) is 24.3 Å². The average molecular weight is 225 g/mol. The molecule has 0 amide bonds. The summed E-state index contributed by atoms with van der Waals surface area (Å²) < 4.78 is 0. The van der Waals surface area contributed by atoms with Crippen LogP contribution in [0.25, 0.3) is 0 Å². The summed E-state index contributed by atoms with van der Waals surface area (Å²) in [4.78, 5) is 11.4. The standard InChI is InChI=1S/C13H11N3O/c1-9-3-4-12(10(2)17)13(5-9)16-8-11(6-14)7-15/h3-5,8,16H,1-2H3. The number of nitrogens with zero attached hydrogens (tertiary/aromatic N) is 2. The Kier molecular flexibility index (Phi) is 4.02. The number of anilines is 1. The molecule has 0 saturated heterocycles. The fraction of sp³-hybridized carbons (Fsp3) is 0.154. The Hall–Kier alpha value is -2.59. The molecule has 0 aliphatic heterocycles. The second-order valence-corrected chi connectivity index (χ2v) is 3.53. The number of hydrogen-bond donors (Lipinski definition) is 1. The molecule has 0 unspecified atom stereocenters. The number of nitriles is 2. The maximum Gasteiger partial charge on any atom is 0.161 e. The summed E-state index contributed by atoms with van der Waals surface area (Å²) in [6, 6.07) is 8.82. The Morgan fingerprint density at radius 3 is 2.53 bits per heavy atom. The van der Waals surface area contributed by atoms with Gasteiger partial charge in [0.2, 0.25) is 0 Å². The second-order valence-electron chi connectivity index (χ2n) is 3.53. The fourth-order valence-electron chi connectivity index (χ4n) is 1.32. The van der Waals surface area contributed by atoms with Crippen molar-refractivity contribution in [2.45, 2.75) is 13.8 Å². The van der Waals surface area contributed by atoms with Gasteiger partial charge in [0, 0.05) is 17.5 Å². The molecule has 0 radical (unpaired) electrons.